The number of hydrogen-bond donors (Lipinski definition) is 2. The van der Waals surface area contributed by atoms with Crippen molar-refractivity contribution < 1.29 is 4.79 Å². The van der Waals surface area contributed by atoms with E-state index in [1.165, 1.54) is 6.20 Å². The third-order valence-electron chi connectivity index (χ3n) is 1.24. The molecule has 2 N–H and O–H groups in total. The fourth-order valence-electron chi connectivity index (χ4n) is 0.765. The lowest BCUT2D eigenvalue weighted by molar-refractivity contribution is 0.0938. The second kappa shape index (κ2) is 3.58. The minimum atomic E-state index is -0.229. The highest BCUT2D eigenvalue weighted by Gasteiger charge is 2.12. The monoisotopic (exact) mass is 187 g/mol. The molecule has 0 atom stereocenters. The van der Waals surface area contributed by atoms with Crippen LogP contribution in [0.3, 0.4) is 0 Å². The van der Waals surface area contributed by atoms with Gasteiger partial charge in [0.05, 0.1) is 11.2 Å². The van der Waals surface area contributed by atoms with Crippen LogP contribution in [0.5, 0.6) is 0 Å². The molecule has 5 heteroatoms. The van der Waals surface area contributed by atoms with Crippen LogP contribution in [0.15, 0.2) is 6.20 Å². The fraction of sp³-hybridized carbons (Fsp3) is 0.429. The summed E-state index contributed by atoms with van der Waals surface area (Å²) in [5, 5.41) is 9.18. The molecule has 0 radical (unpaired) electrons. The average molecular weight is 188 g/mol. The average Bonchev–Trinajstić information content (AvgIpc) is 2.33. The van der Waals surface area contributed by atoms with E-state index in [-0.39, 0.29) is 11.9 Å². The van der Waals surface area contributed by atoms with Crippen LogP contribution in [0, 0.1) is 0 Å². The van der Waals surface area contributed by atoms with Gasteiger partial charge in [0.2, 0.25) is 0 Å². The van der Waals surface area contributed by atoms with E-state index < -0.39 is 0 Å². The van der Waals surface area contributed by atoms with E-state index in [1.54, 1.807) is 0 Å². The summed E-state index contributed by atoms with van der Waals surface area (Å²) in [5.74, 6) is -0.229. The molecule has 0 aliphatic carbocycles. The van der Waals surface area contributed by atoms with E-state index in [4.69, 9.17) is 11.6 Å². The lowest BCUT2D eigenvalue weighted by atomic mass is 10.3. The number of aromatic amines is 1. The van der Waals surface area contributed by atoms with Crippen molar-refractivity contribution in [3.05, 3.63) is 16.9 Å². The van der Waals surface area contributed by atoms with Gasteiger partial charge < -0.3 is 5.32 Å². The maximum atomic E-state index is 11.3. The minimum Gasteiger partial charge on any atom is -0.349 e. The maximum Gasteiger partial charge on any atom is 0.271 e. The molecule has 0 unspecified atom stereocenters. The Morgan fingerprint density at radius 1 is 1.75 bits per heavy atom. The van der Waals surface area contributed by atoms with E-state index in [9.17, 15) is 4.79 Å². The summed E-state index contributed by atoms with van der Waals surface area (Å²) in [6.07, 6.45) is 1.40. The quantitative estimate of drug-likeness (QED) is 0.731. The number of hydrogen-bond acceptors (Lipinski definition) is 2. The van der Waals surface area contributed by atoms with Crippen molar-refractivity contribution in [2.75, 3.05) is 0 Å². The summed E-state index contributed by atoms with van der Waals surface area (Å²) in [4.78, 5) is 11.3. The molecule has 0 spiro atoms. The molecule has 0 aromatic carbocycles. The van der Waals surface area contributed by atoms with E-state index in [1.807, 2.05) is 13.8 Å². The first-order valence-corrected chi connectivity index (χ1v) is 3.98. The van der Waals surface area contributed by atoms with Gasteiger partial charge in [-0.25, -0.2) is 0 Å². The van der Waals surface area contributed by atoms with Crippen LogP contribution in [0.4, 0.5) is 0 Å². The SMILES string of the molecule is CC(C)NC(=O)c1[nH]ncc1Cl. The Morgan fingerprint density at radius 2 is 2.42 bits per heavy atom. The molecule has 1 aromatic heterocycles. The van der Waals surface area contributed by atoms with Gasteiger partial charge in [-0.2, -0.15) is 5.10 Å². The van der Waals surface area contributed by atoms with Gasteiger partial charge in [-0.1, -0.05) is 11.6 Å². The standard InChI is InChI=1S/C7H10ClN3O/c1-4(2)10-7(12)6-5(8)3-9-11-6/h3-4H,1-2H3,(H,9,11)(H,10,12). The first-order chi connectivity index (χ1) is 5.61. The minimum absolute atomic E-state index is 0.0943. The van der Waals surface area contributed by atoms with E-state index in [0.29, 0.717) is 10.7 Å². The molecule has 0 aliphatic rings. The highest BCUT2D eigenvalue weighted by atomic mass is 35.5. The van der Waals surface area contributed by atoms with Gasteiger partial charge in [-0.05, 0) is 13.8 Å². The molecule has 0 fully saturated rings. The van der Waals surface area contributed by atoms with E-state index >= 15 is 0 Å². The molecular formula is C7H10ClN3O. The zero-order valence-corrected chi connectivity index (χ0v) is 7.64. The molecule has 1 rings (SSSR count). The van der Waals surface area contributed by atoms with Crippen LogP contribution in [0.2, 0.25) is 5.02 Å². The molecular weight excluding hydrogens is 178 g/mol. The molecule has 0 bridgehead atoms. The van der Waals surface area contributed by atoms with Crippen molar-refractivity contribution in [2.24, 2.45) is 0 Å². The number of H-pyrrole nitrogens is 1. The number of carbonyl (C=O) groups excluding carboxylic acids is 1. The molecule has 1 aromatic rings. The lowest BCUT2D eigenvalue weighted by Crippen LogP contribution is -2.30. The predicted octanol–water partition coefficient (Wildman–Crippen LogP) is 1.20. The second-order valence-electron chi connectivity index (χ2n) is 2.72. The van der Waals surface area contributed by atoms with Crippen LogP contribution in [-0.2, 0) is 0 Å². The van der Waals surface area contributed by atoms with Crippen molar-refractivity contribution in [3.63, 3.8) is 0 Å². The van der Waals surface area contributed by atoms with Gasteiger partial charge in [0.25, 0.3) is 5.91 Å². The summed E-state index contributed by atoms with van der Waals surface area (Å²) >= 11 is 5.66. The Labute approximate surface area is 75.3 Å². The van der Waals surface area contributed by atoms with Crippen molar-refractivity contribution in [1.29, 1.82) is 0 Å². The number of rotatable bonds is 2. The summed E-state index contributed by atoms with van der Waals surface area (Å²) in [6.45, 7) is 3.75. The highest BCUT2D eigenvalue weighted by Crippen LogP contribution is 2.10. The Bertz CT molecular complexity index is 282. The zero-order chi connectivity index (χ0) is 9.14. The van der Waals surface area contributed by atoms with Crippen LogP contribution in [0.25, 0.3) is 0 Å². The smallest absolute Gasteiger partial charge is 0.271 e. The van der Waals surface area contributed by atoms with Crippen LogP contribution >= 0.6 is 11.6 Å². The highest BCUT2D eigenvalue weighted by molar-refractivity contribution is 6.33. The van der Waals surface area contributed by atoms with Gasteiger partial charge in [0.15, 0.2) is 0 Å². The predicted molar refractivity (Wildman–Crippen MR) is 46.2 cm³/mol. The molecule has 1 amide bonds. The topological polar surface area (TPSA) is 57.8 Å². The van der Waals surface area contributed by atoms with Crippen molar-refractivity contribution in [3.8, 4) is 0 Å². The number of amides is 1. The largest absolute Gasteiger partial charge is 0.349 e. The van der Waals surface area contributed by atoms with E-state index in [2.05, 4.69) is 15.5 Å². The lowest BCUT2D eigenvalue weighted by Gasteiger charge is -2.05. The zero-order valence-electron chi connectivity index (χ0n) is 6.89. The van der Waals surface area contributed by atoms with Crippen molar-refractivity contribution in [2.45, 2.75) is 19.9 Å². The normalized spacial score (nSPS) is 10.3. The summed E-state index contributed by atoms with van der Waals surface area (Å²) < 4.78 is 0. The van der Waals surface area contributed by atoms with Gasteiger partial charge in [-0.3, -0.25) is 9.89 Å². The van der Waals surface area contributed by atoms with Crippen LogP contribution < -0.4 is 5.32 Å². The molecule has 0 saturated carbocycles. The molecule has 4 nitrogen and oxygen atoms in total. The fourth-order valence-corrected chi connectivity index (χ4v) is 0.942. The number of nitrogens with one attached hydrogen (secondary N) is 2. The first kappa shape index (κ1) is 9.06. The molecule has 66 valence electrons. The number of carbonyl (C=O) groups is 1. The molecule has 12 heavy (non-hydrogen) atoms. The summed E-state index contributed by atoms with van der Waals surface area (Å²) in [7, 11) is 0. The Morgan fingerprint density at radius 3 is 2.83 bits per heavy atom. The number of aromatic nitrogens is 2. The summed E-state index contributed by atoms with van der Waals surface area (Å²) in [6, 6.07) is 0.0943. The van der Waals surface area contributed by atoms with E-state index in [0.717, 1.165) is 0 Å². The number of nitrogens with zero attached hydrogens (tertiary/aromatic N) is 1. The van der Waals surface area contributed by atoms with Crippen LogP contribution in [-0.4, -0.2) is 22.1 Å². The first-order valence-electron chi connectivity index (χ1n) is 3.61. The second-order valence-corrected chi connectivity index (χ2v) is 3.13. The van der Waals surface area contributed by atoms with Gasteiger partial charge in [0, 0.05) is 6.04 Å². The van der Waals surface area contributed by atoms with Gasteiger partial charge in [0.1, 0.15) is 5.69 Å². The Kier molecular flexibility index (Phi) is 2.70. The molecule has 1 heterocycles. The molecule has 0 saturated heterocycles. The summed E-state index contributed by atoms with van der Waals surface area (Å²) in [5.41, 5.74) is 0.311. The van der Waals surface area contributed by atoms with Crippen molar-refractivity contribution >= 4 is 17.5 Å². The third kappa shape index (κ3) is 1.98. The van der Waals surface area contributed by atoms with Crippen molar-refractivity contribution in [1.82, 2.24) is 15.5 Å². The third-order valence-corrected chi connectivity index (χ3v) is 1.53. The number of halogens is 1. The Hall–Kier alpha value is -1.03. The van der Waals surface area contributed by atoms with Gasteiger partial charge in [-0.15, -0.1) is 0 Å². The maximum absolute atomic E-state index is 11.3. The van der Waals surface area contributed by atoms with Crippen LogP contribution in [0.1, 0.15) is 24.3 Å². The Balaban J connectivity index is 2.72. The molecule has 0 aliphatic heterocycles. The van der Waals surface area contributed by atoms with Gasteiger partial charge >= 0.3 is 0 Å².